The van der Waals surface area contributed by atoms with Crippen molar-refractivity contribution in [2.24, 2.45) is 5.92 Å². The Labute approximate surface area is 118 Å². The minimum absolute atomic E-state index is 0.0496. The molecule has 0 aromatic heterocycles. The van der Waals surface area contributed by atoms with Crippen LogP contribution in [-0.2, 0) is 6.42 Å². The molecule has 0 spiro atoms. The van der Waals surface area contributed by atoms with Crippen LogP contribution in [0.4, 0.5) is 8.78 Å². The van der Waals surface area contributed by atoms with Crippen LogP contribution in [0.2, 0.25) is 0 Å². The molecule has 0 saturated heterocycles. The van der Waals surface area contributed by atoms with Crippen molar-refractivity contribution in [1.29, 1.82) is 0 Å². The maximum Gasteiger partial charge on any atom is 0.200 e. The number of halogens is 2. The van der Waals surface area contributed by atoms with Crippen molar-refractivity contribution >= 4 is 0 Å². The second-order valence-corrected chi connectivity index (χ2v) is 5.84. The Bertz CT molecular complexity index is 500. The fraction of sp³-hybridized carbons (Fsp3) is 0.529. The normalized spacial score (nSPS) is 19.9. The third-order valence-corrected chi connectivity index (χ3v) is 4.09. The first-order valence-corrected chi connectivity index (χ1v) is 7.54. The Kier molecular flexibility index (Phi) is 4.04. The molecule has 1 aromatic carbocycles. The number of hydrogen-bond acceptors (Lipinski definition) is 1. The molecule has 0 amide bonds. The molecule has 0 atom stereocenters. The molecule has 1 nitrogen and oxygen atoms in total. The summed E-state index contributed by atoms with van der Waals surface area (Å²) in [4.78, 5) is 0. The van der Waals surface area contributed by atoms with Crippen molar-refractivity contribution in [3.8, 4) is 5.75 Å². The van der Waals surface area contributed by atoms with E-state index >= 15 is 0 Å². The number of benzene rings is 1. The lowest BCUT2D eigenvalue weighted by Gasteiger charge is -2.08. The van der Waals surface area contributed by atoms with Crippen molar-refractivity contribution < 1.29 is 13.5 Å². The Morgan fingerprint density at radius 2 is 1.80 bits per heavy atom. The first-order valence-electron chi connectivity index (χ1n) is 7.54. The van der Waals surface area contributed by atoms with E-state index in [0.29, 0.717) is 17.9 Å². The highest BCUT2D eigenvalue weighted by atomic mass is 19.2. The van der Waals surface area contributed by atoms with Crippen LogP contribution in [0.3, 0.4) is 0 Å². The van der Waals surface area contributed by atoms with Gasteiger partial charge in [-0.15, -0.1) is 0 Å². The van der Waals surface area contributed by atoms with E-state index in [-0.39, 0.29) is 11.9 Å². The predicted molar refractivity (Wildman–Crippen MR) is 74.8 cm³/mol. The molecule has 2 fully saturated rings. The summed E-state index contributed by atoms with van der Waals surface area (Å²) < 4.78 is 33.1. The van der Waals surface area contributed by atoms with Crippen LogP contribution in [0.1, 0.15) is 44.1 Å². The lowest BCUT2D eigenvalue weighted by atomic mass is 10.1. The summed E-state index contributed by atoms with van der Waals surface area (Å²) in [5.74, 6) is -0.934. The van der Waals surface area contributed by atoms with Crippen molar-refractivity contribution in [2.75, 3.05) is 0 Å². The van der Waals surface area contributed by atoms with Crippen molar-refractivity contribution in [2.45, 2.75) is 51.0 Å². The third-order valence-electron chi connectivity index (χ3n) is 4.09. The molecule has 2 saturated carbocycles. The topological polar surface area (TPSA) is 9.23 Å². The number of allylic oxidation sites excluding steroid dienone is 2. The zero-order valence-corrected chi connectivity index (χ0v) is 11.6. The number of rotatable bonds is 5. The van der Waals surface area contributed by atoms with Gasteiger partial charge in [0.25, 0.3) is 0 Å². The van der Waals surface area contributed by atoms with E-state index in [1.807, 2.05) is 6.08 Å². The van der Waals surface area contributed by atoms with Crippen molar-refractivity contribution in [1.82, 2.24) is 0 Å². The van der Waals surface area contributed by atoms with E-state index < -0.39 is 11.6 Å². The molecule has 108 valence electrons. The molecule has 0 aliphatic heterocycles. The van der Waals surface area contributed by atoms with E-state index in [0.717, 1.165) is 12.8 Å². The highest BCUT2D eigenvalue weighted by Gasteiger charge is 2.26. The molecule has 3 heteroatoms. The Balaban J connectivity index is 1.64. The second-order valence-electron chi connectivity index (χ2n) is 5.84. The summed E-state index contributed by atoms with van der Waals surface area (Å²) >= 11 is 0. The van der Waals surface area contributed by atoms with Crippen LogP contribution in [0.25, 0.3) is 0 Å². The van der Waals surface area contributed by atoms with Gasteiger partial charge >= 0.3 is 0 Å². The summed E-state index contributed by atoms with van der Waals surface area (Å²) in [6, 6.07) is 3.19. The predicted octanol–water partition coefficient (Wildman–Crippen LogP) is 4.79. The fourth-order valence-electron chi connectivity index (χ4n) is 2.72. The summed E-state index contributed by atoms with van der Waals surface area (Å²) in [6.07, 6.45) is 11.5. The van der Waals surface area contributed by atoms with Gasteiger partial charge in [-0.3, -0.25) is 0 Å². The van der Waals surface area contributed by atoms with Crippen LogP contribution in [0.5, 0.6) is 5.75 Å². The molecule has 0 heterocycles. The molecular formula is C17H20F2O. The maximum atomic E-state index is 13.9. The molecule has 20 heavy (non-hydrogen) atoms. The minimum Gasteiger partial charge on any atom is -0.487 e. The van der Waals surface area contributed by atoms with Crippen molar-refractivity contribution in [3.63, 3.8) is 0 Å². The van der Waals surface area contributed by atoms with Gasteiger partial charge in [-0.2, -0.15) is 4.39 Å². The highest BCUT2D eigenvalue weighted by Crippen LogP contribution is 2.31. The SMILES string of the molecule is Fc1c(C/C=C/C2CCCC2)ccc(OC2CC2)c1F. The van der Waals surface area contributed by atoms with E-state index in [9.17, 15) is 8.78 Å². The van der Waals surface area contributed by atoms with E-state index in [1.54, 1.807) is 12.1 Å². The monoisotopic (exact) mass is 278 g/mol. The summed E-state index contributed by atoms with van der Waals surface area (Å²) in [6.45, 7) is 0. The second kappa shape index (κ2) is 5.94. The maximum absolute atomic E-state index is 13.9. The van der Waals surface area contributed by atoms with Gasteiger partial charge in [0.15, 0.2) is 11.6 Å². The van der Waals surface area contributed by atoms with Crippen LogP contribution in [0.15, 0.2) is 24.3 Å². The quantitative estimate of drug-likeness (QED) is 0.703. The van der Waals surface area contributed by atoms with Gasteiger partial charge in [0.05, 0.1) is 6.10 Å². The third kappa shape index (κ3) is 3.20. The first-order chi connectivity index (χ1) is 9.74. The van der Waals surface area contributed by atoms with Crippen LogP contribution in [0, 0.1) is 17.6 Å². The van der Waals surface area contributed by atoms with E-state index in [2.05, 4.69) is 6.08 Å². The summed E-state index contributed by atoms with van der Waals surface area (Å²) in [5, 5.41) is 0. The van der Waals surface area contributed by atoms with Gasteiger partial charge in [0.1, 0.15) is 0 Å². The highest BCUT2D eigenvalue weighted by molar-refractivity contribution is 5.32. The van der Waals surface area contributed by atoms with Crippen molar-refractivity contribution in [3.05, 3.63) is 41.5 Å². The van der Waals surface area contributed by atoms with Gasteiger partial charge < -0.3 is 4.74 Å². The minimum atomic E-state index is -0.844. The smallest absolute Gasteiger partial charge is 0.200 e. The Morgan fingerprint density at radius 1 is 1.05 bits per heavy atom. The average molecular weight is 278 g/mol. The van der Waals surface area contributed by atoms with Crippen LogP contribution in [-0.4, -0.2) is 6.10 Å². The average Bonchev–Trinajstić information content (AvgIpc) is 3.11. The lowest BCUT2D eigenvalue weighted by molar-refractivity contribution is 0.281. The van der Waals surface area contributed by atoms with Gasteiger partial charge in [-0.25, -0.2) is 4.39 Å². The summed E-state index contributed by atoms with van der Waals surface area (Å²) in [7, 11) is 0. The molecule has 2 aliphatic rings. The largest absolute Gasteiger partial charge is 0.487 e. The molecule has 0 unspecified atom stereocenters. The zero-order chi connectivity index (χ0) is 13.9. The first kappa shape index (κ1) is 13.6. The van der Waals surface area contributed by atoms with Gasteiger partial charge in [-0.1, -0.05) is 31.1 Å². The Hall–Kier alpha value is -1.38. The number of ether oxygens (including phenoxy) is 1. The zero-order valence-electron chi connectivity index (χ0n) is 11.6. The lowest BCUT2D eigenvalue weighted by Crippen LogP contribution is -2.02. The molecule has 0 radical (unpaired) electrons. The number of hydrogen-bond donors (Lipinski definition) is 0. The van der Waals surface area contributed by atoms with E-state index in [1.165, 1.54) is 25.7 Å². The molecular weight excluding hydrogens is 258 g/mol. The molecule has 1 aromatic rings. The van der Waals surface area contributed by atoms with Crippen LogP contribution >= 0.6 is 0 Å². The molecule has 2 aliphatic carbocycles. The van der Waals surface area contributed by atoms with Gasteiger partial charge in [-0.05, 0) is 49.7 Å². The van der Waals surface area contributed by atoms with Gasteiger partial charge in [0, 0.05) is 0 Å². The van der Waals surface area contributed by atoms with Gasteiger partial charge in [0.2, 0.25) is 5.82 Å². The standard InChI is InChI=1S/C17H20F2O/c18-16-13(7-3-6-12-4-1-2-5-12)8-11-15(17(16)19)20-14-9-10-14/h3,6,8,11-12,14H,1-2,4-5,7,9-10H2/b6-3+. The van der Waals surface area contributed by atoms with Crippen LogP contribution < -0.4 is 4.74 Å². The fourth-order valence-corrected chi connectivity index (χ4v) is 2.72. The Morgan fingerprint density at radius 3 is 2.50 bits per heavy atom. The molecule has 0 N–H and O–H groups in total. The van der Waals surface area contributed by atoms with E-state index in [4.69, 9.17) is 4.74 Å². The molecule has 0 bridgehead atoms. The molecule has 3 rings (SSSR count). The summed E-state index contributed by atoms with van der Waals surface area (Å²) in [5.41, 5.74) is 0.403.